The van der Waals surface area contributed by atoms with E-state index in [9.17, 15) is 4.79 Å². The van der Waals surface area contributed by atoms with E-state index in [0.717, 1.165) is 36.5 Å². The topological polar surface area (TPSA) is 55.1 Å². The van der Waals surface area contributed by atoms with Crippen LogP contribution in [0.1, 0.15) is 65.2 Å². The first-order valence-corrected chi connectivity index (χ1v) is 8.99. The second-order valence-electron chi connectivity index (χ2n) is 8.53. The predicted molar refractivity (Wildman–Crippen MR) is 85.7 cm³/mol. The highest BCUT2D eigenvalue weighted by molar-refractivity contribution is 5.76. The molecule has 0 aliphatic heterocycles. The highest BCUT2D eigenvalue weighted by atomic mass is 16.1. The summed E-state index contributed by atoms with van der Waals surface area (Å²) in [5, 5.41) is 3.37. The van der Waals surface area contributed by atoms with Crippen LogP contribution in [-0.2, 0) is 4.79 Å². The van der Waals surface area contributed by atoms with Gasteiger partial charge in [-0.2, -0.15) is 0 Å². The largest absolute Gasteiger partial charge is 0.353 e. The molecule has 3 aliphatic carbocycles. The van der Waals surface area contributed by atoms with Crippen molar-refractivity contribution in [3.8, 4) is 0 Å². The van der Waals surface area contributed by atoms with Crippen LogP contribution in [0.4, 0.5) is 0 Å². The summed E-state index contributed by atoms with van der Waals surface area (Å²) in [6, 6.07) is 0.486. The quantitative estimate of drug-likeness (QED) is 0.790. The van der Waals surface area contributed by atoms with Gasteiger partial charge in [-0.1, -0.05) is 20.3 Å². The number of hydrogen-bond acceptors (Lipinski definition) is 2. The molecule has 0 heterocycles. The van der Waals surface area contributed by atoms with Gasteiger partial charge in [0, 0.05) is 12.5 Å². The van der Waals surface area contributed by atoms with Crippen molar-refractivity contribution < 1.29 is 4.79 Å². The number of fused-ring (bicyclic) bond motifs is 5. The molecule has 5 unspecified atom stereocenters. The first-order chi connectivity index (χ1) is 10.00. The molecule has 3 aliphatic rings. The van der Waals surface area contributed by atoms with Crippen LogP contribution in [0.3, 0.4) is 0 Å². The molecule has 0 saturated heterocycles. The molecule has 3 N–H and O–H groups in total. The molecule has 0 aromatic rings. The summed E-state index contributed by atoms with van der Waals surface area (Å²) >= 11 is 0. The molecular formula is C18H32N2O. The van der Waals surface area contributed by atoms with E-state index < -0.39 is 0 Å². The van der Waals surface area contributed by atoms with Crippen LogP contribution in [0.5, 0.6) is 0 Å². The van der Waals surface area contributed by atoms with Gasteiger partial charge in [-0.25, -0.2) is 0 Å². The summed E-state index contributed by atoms with van der Waals surface area (Å²) in [4.78, 5) is 12.3. The fourth-order valence-electron chi connectivity index (χ4n) is 5.48. The third-order valence-electron chi connectivity index (χ3n) is 6.63. The van der Waals surface area contributed by atoms with E-state index in [0.29, 0.717) is 19.0 Å². The lowest BCUT2D eigenvalue weighted by atomic mass is 9.79. The average molecular weight is 292 g/mol. The zero-order chi connectivity index (χ0) is 15.0. The molecule has 120 valence electrons. The number of nitrogens with two attached hydrogens (primary N) is 1. The van der Waals surface area contributed by atoms with Crippen LogP contribution in [-0.4, -0.2) is 18.5 Å². The van der Waals surface area contributed by atoms with E-state index in [-0.39, 0.29) is 11.3 Å². The normalized spacial score (nSPS) is 37.8. The minimum atomic E-state index is 0.192. The second-order valence-corrected chi connectivity index (χ2v) is 8.53. The summed E-state index contributed by atoms with van der Waals surface area (Å²) in [5.74, 6) is 3.92. The van der Waals surface area contributed by atoms with E-state index in [4.69, 9.17) is 5.73 Å². The Labute approximate surface area is 129 Å². The number of rotatable bonds is 6. The molecule has 3 heteroatoms. The summed E-state index contributed by atoms with van der Waals surface area (Å²) in [5.41, 5.74) is 5.83. The van der Waals surface area contributed by atoms with Gasteiger partial charge in [0.15, 0.2) is 0 Å². The van der Waals surface area contributed by atoms with Gasteiger partial charge in [0.05, 0.1) is 0 Å². The van der Waals surface area contributed by atoms with Crippen LogP contribution < -0.4 is 11.1 Å². The second kappa shape index (κ2) is 5.91. The third-order valence-corrected chi connectivity index (χ3v) is 6.63. The fraction of sp³-hybridized carbons (Fsp3) is 0.944. The van der Waals surface area contributed by atoms with Crippen molar-refractivity contribution in [1.29, 1.82) is 0 Å². The lowest BCUT2D eigenvalue weighted by molar-refractivity contribution is -0.122. The van der Waals surface area contributed by atoms with Gasteiger partial charge in [-0.3, -0.25) is 4.79 Å². The Morgan fingerprint density at radius 2 is 1.90 bits per heavy atom. The highest BCUT2D eigenvalue weighted by Gasteiger charge is 2.53. The van der Waals surface area contributed by atoms with Crippen molar-refractivity contribution in [2.24, 2.45) is 34.8 Å². The summed E-state index contributed by atoms with van der Waals surface area (Å²) < 4.78 is 0. The summed E-state index contributed by atoms with van der Waals surface area (Å²) in [7, 11) is 0. The predicted octanol–water partition coefficient (Wildman–Crippen LogP) is 3.08. The molecule has 21 heavy (non-hydrogen) atoms. The van der Waals surface area contributed by atoms with E-state index in [1.807, 2.05) is 0 Å². The number of carbonyl (C=O) groups excluding carboxylic acids is 1. The third kappa shape index (κ3) is 3.13. The van der Waals surface area contributed by atoms with Gasteiger partial charge in [-0.15, -0.1) is 0 Å². The minimum absolute atomic E-state index is 0.192. The molecule has 2 bridgehead atoms. The number of carbonyl (C=O) groups is 1. The number of amides is 1. The van der Waals surface area contributed by atoms with Crippen LogP contribution in [0.2, 0.25) is 0 Å². The van der Waals surface area contributed by atoms with Crippen molar-refractivity contribution in [3.63, 3.8) is 0 Å². The van der Waals surface area contributed by atoms with Crippen LogP contribution >= 0.6 is 0 Å². The zero-order valence-electron chi connectivity index (χ0n) is 13.7. The van der Waals surface area contributed by atoms with Crippen molar-refractivity contribution in [2.45, 2.75) is 71.3 Å². The molecule has 1 amide bonds. The molecule has 5 atom stereocenters. The minimum Gasteiger partial charge on any atom is -0.353 e. The Morgan fingerprint density at radius 1 is 1.14 bits per heavy atom. The lowest BCUT2D eigenvalue weighted by Crippen LogP contribution is -2.42. The van der Waals surface area contributed by atoms with Gasteiger partial charge in [0.1, 0.15) is 0 Å². The number of hydrogen-bond donors (Lipinski definition) is 2. The van der Waals surface area contributed by atoms with Crippen LogP contribution in [0.15, 0.2) is 0 Å². The standard InChI is InChI=1S/C18H32N2O/c1-18(2,8-9-19)7-6-17(21)20-16-11-12-10-15(16)14-5-3-4-13(12)14/h12-16H,3-11,19H2,1-2H3,(H,20,21). The summed E-state index contributed by atoms with van der Waals surface area (Å²) in [6.45, 7) is 5.14. The van der Waals surface area contributed by atoms with E-state index >= 15 is 0 Å². The molecular weight excluding hydrogens is 260 g/mol. The van der Waals surface area contributed by atoms with E-state index in [2.05, 4.69) is 19.2 Å². The van der Waals surface area contributed by atoms with Gasteiger partial charge in [0.25, 0.3) is 0 Å². The highest BCUT2D eigenvalue weighted by Crippen LogP contribution is 2.58. The molecule has 0 spiro atoms. The molecule has 0 aromatic heterocycles. The molecule has 3 saturated carbocycles. The maximum atomic E-state index is 12.3. The van der Waals surface area contributed by atoms with Crippen molar-refractivity contribution in [2.75, 3.05) is 6.54 Å². The lowest BCUT2D eigenvalue weighted by Gasteiger charge is -2.32. The Kier molecular flexibility index (Phi) is 4.31. The van der Waals surface area contributed by atoms with Crippen LogP contribution in [0, 0.1) is 29.1 Å². The average Bonchev–Trinajstić information content (AvgIpc) is 3.08. The smallest absolute Gasteiger partial charge is 0.220 e. The number of nitrogens with one attached hydrogen (secondary N) is 1. The van der Waals surface area contributed by atoms with Gasteiger partial charge in [0.2, 0.25) is 5.91 Å². The fourth-order valence-corrected chi connectivity index (χ4v) is 5.48. The Hall–Kier alpha value is -0.570. The van der Waals surface area contributed by atoms with Crippen molar-refractivity contribution in [1.82, 2.24) is 5.32 Å². The first-order valence-electron chi connectivity index (χ1n) is 8.99. The molecule has 3 nitrogen and oxygen atoms in total. The van der Waals surface area contributed by atoms with Crippen molar-refractivity contribution in [3.05, 3.63) is 0 Å². The maximum Gasteiger partial charge on any atom is 0.220 e. The van der Waals surface area contributed by atoms with E-state index in [1.54, 1.807) is 0 Å². The molecule has 0 aromatic carbocycles. The Morgan fingerprint density at radius 3 is 2.67 bits per heavy atom. The van der Waals surface area contributed by atoms with Gasteiger partial charge >= 0.3 is 0 Å². The monoisotopic (exact) mass is 292 g/mol. The summed E-state index contributed by atoms with van der Waals surface area (Å²) in [6.07, 6.45) is 9.55. The molecule has 3 rings (SSSR count). The SMILES string of the molecule is CC(C)(CCN)CCC(=O)NC1CC2CC1C1CCCC21. The van der Waals surface area contributed by atoms with Crippen LogP contribution in [0.25, 0.3) is 0 Å². The Bertz CT molecular complexity index is 393. The van der Waals surface area contributed by atoms with Crippen molar-refractivity contribution >= 4 is 5.91 Å². The Balaban J connectivity index is 1.46. The first kappa shape index (κ1) is 15.3. The molecule has 0 radical (unpaired) electrons. The maximum absolute atomic E-state index is 12.3. The zero-order valence-corrected chi connectivity index (χ0v) is 13.7. The molecule has 3 fully saturated rings. The van der Waals surface area contributed by atoms with Gasteiger partial charge < -0.3 is 11.1 Å². The van der Waals surface area contributed by atoms with Gasteiger partial charge in [-0.05, 0) is 74.2 Å². The van der Waals surface area contributed by atoms with E-state index in [1.165, 1.54) is 32.1 Å².